The second-order valence-electron chi connectivity index (χ2n) is 4.70. The number of carbonyl (C=O) groups is 1. The second-order valence-corrected chi connectivity index (χ2v) is 4.70. The number of ether oxygens (including phenoxy) is 1. The molecule has 2 aliphatic heterocycles. The SMILES string of the molecule is CN1CCC(CNC(=O)N2CCOCC2)C1. The first-order chi connectivity index (χ1) is 7.75. The summed E-state index contributed by atoms with van der Waals surface area (Å²) in [7, 11) is 2.13. The molecule has 2 amide bonds. The molecule has 0 radical (unpaired) electrons. The lowest BCUT2D eigenvalue weighted by Crippen LogP contribution is -2.47. The number of nitrogens with one attached hydrogen (secondary N) is 1. The quantitative estimate of drug-likeness (QED) is 0.721. The molecular formula is C11H21N3O2. The maximum Gasteiger partial charge on any atom is 0.317 e. The van der Waals surface area contributed by atoms with Gasteiger partial charge in [0.2, 0.25) is 0 Å². The third-order valence-electron chi connectivity index (χ3n) is 3.33. The normalized spacial score (nSPS) is 27.1. The minimum Gasteiger partial charge on any atom is -0.378 e. The molecule has 0 aromatic heterocycles. The topological polar surface area (TPSA) is 44.8 Å². The zero-order valence-corrected chi connectivity index (χ0v) is 9.95. The van der Waals surface area contributed by atoms with E-state index in [9.17, 15) is 4.79 Å². The van der Waals surface area contributed by atoms with Crippen molar-refractivity contribution in [1.29, 1.82) is 0 Å². The number of amides is 2. The van der Waals surface area contributed by atoms with Crippen molar-refractivity contribution in [2.75, 3.05) is 53.0 Å². The van der Waals surface area contributed by atoms with Gasteiger partial charge >= 0.3 is 6.03 Å². The number of hydrogen-bond donors (Lipinski definition) is 1. The monoisotopic (exact) mass is 227 g/mol. The number of likely N-dealkylation sites (tertiary alicyclic amines) is 1. The summed E-state index contributed by atoms with van der Waals surface area (Å²) >= 11 is 0. The molecule has 1 N–H and O–H groups in total. The molecule has 1 atom stereocenters. The fraction of sp³-hybridized carbons (Fsp3) is 0.909. The summed E-state index contributed by atoms with van der Waals surface area (Å²) in [6, 6.07) is 0.0675. The molecule has 2 heterocycles. The molecule has 2 rings (SSSR count). The summed E-state index contributed by atoms with van der Waals surface area (Å²) in [6.45, 7) is 5.83. The van der Waals surface area contributed by atoms with Crippen LogP contribution in [0.4, 0.5) is 4.79 Å². The van der Waals surface area contributed by atoms with Crippen molar-refractivity contribution in [2.45, 2.75) is 6.42 Å². The Kier molecular flexibility index (Phi) is 4.01. The zero-order chi connectivity index (χ0) is 11.4. The average molecular weight is 227 g/mol. The number of morpholine rings is 1. The van der Waals surface area contributed by atoms with Gasteiger partial charge in [-0.05, 0) is 25.9 Å². The molecule has 0 aliphatic carbocycles. The first kappa shape index (κ1) is 11.7. The van der Waals surface area contributed by atoms with Crippen molar-refractivity contribution in [1.82, 2.24) is 15.1 Å². The van der Waals surface area contributed by atoms with Gasteiger partial charge in [-0.2, -0.15) is 0 Å². The van der Waals surface area contributed by atoms with Crippen LogP contribution >= 0.6 is 0 Å². The summed E-state index contributed by atoms with van der Waals surface area (Å²) in [5, 5.41) is 3.02. The van der Waals surface area contributed by atoms with Crippen LogP contribution in [0.3, 0.4) is 0 Å². The van der Waals surface area contributed by atoms with Crippen molar-refractivity contribution >= 4 is 6.03 Å². The van der Waals surface area contributed by atoms with Crippen LogP contribution in [0.25, 0.3) is 0 Å². The molecule has 0 bridgehead atoms. The van der Waals surface area contributed by atoms with Crippen molar-refractivity contribution in [3.05, 3.63) is 0 Å². The van der Waals surface area contributed by atoms with Gasteiger partial charge in [0.05, 0.1) is 13.2 Å². The van der Waals surface area contributed by atoms with Crippen molar-refractivity contribution in [2.24, 2.45) is 5.92 Å². The lowest BCUT2D eigenvalue weighted by molar-refractivity contribution is 0.0530. The smallest absolute Gasteiger partial charge is 0.317 e. The van der Waals surface area contributed by atoms with Gasteiger partial charge in [-0.15, -0.1) is 0 Å². The van der Waals surface area contributed by atoms with Gasteiger partial charge in [-0.25, -0.2) is 4.79 Å². The van der Waals surface area contributed by atoms with Crippen LogP contribution in [0.2, 0.25) is 0 Å². The molecular weight excluding hydrogens is 206 g/mol. The third kappa shape index (κ3) is 3.09. The van der Waals surface area contributed by atoms with Crippen LogP contribution < -0.4 is 5.32 Å². The Hall–Kier alpha value is -0.810. The van der Waals surface area contributed by atoms with Gasteiger partial charge in [0, 0.05) is 26.2 Å². The molecule has 2 aliphatic rings. The molecule has 5 heteroatoms. The van der Waals surface area contributed by atoms with E-state index in [4.69, 9.17) is 4.74 Å². The van der Waals surface area contributed by atoms with Crippen LogP contribution in [-0.2, 0) is 4.74 Å². The summed E-state index contributed by atoms with van der Waals surface area (Å²) in [5.74, 6) is 0.620. The zero-order valence-electron chi connectivity index (χ0n) is 9.95. The van der Waals surface area contributed by atoms with Gasteiger partial charge in [-0.3, -0.25) is 0 Å². The number of urea groups is 1. The predicted molar refractivity (Wildman–Crippen MR) is 61.4 cm³/mol. The van der Waals surface area contributed by atoms with E-state index in [1.165, 1.54) is 6.42 Å². The first-order valence-electron chi connectivity index (χ1n) is 6.05. The highest BCUT2D eigenvalue weighted by atomic mass is 16.5. The molecule has 0 spiro atoms. The fourth-order valence-corrected chi connectivity index (χ4v) is 2.30. The Bertz CT molecular complexity index is 241. The van der Waals surface area contributed by atoms with E-state index in [0.29, 0.717) is 19.1 Å². The van der Waals surface area contributed by atoms with Gasteiger partial charge in [-0.1, -0.05) is 0 Å². The molecule has 0 aromatic rings. The van der Waals surface area contributed by atoms with E-state index in [-0.39, 0.29) is 6.03 Å². The molecule has 92 valence electrons. The molecule has 16 heavy (non-hydrogen) atoms. The van der Waals surface area contributed by atoms with Gasteiger partial charge in [0.15, 0.2) is 0 Å². The van der Waals surface area contributed by atoms with Crippen LogP contribution in [0.15, 0.2) is 0 Å². The molecule has 1 unspecified atom stereocenters. The van der Waals surface area contributed by atoms with E-state index < -0.39 is 0 Å². The lowest BCUT2D eigenvalue weighted by atomic mass is 10.1. The Morgan fingerprint density at radius 1 is 1.38 bits per heavy atom. The largest absolute Gasteiger partial charge is 0.378 e. The number of nitrogens with zero attached hydrogens (tertiary/aromatic N) is 2. The summed E-state index contributed by atoms with van der Waals surface area (Å²) < 4.78 is 5.21. The minimum absolute atomic E-state index is 0.0675. The third-order valence-corrected chi connectivity index (χ3v) is 3.33. The Morgan fingerprint density at radius 3 is 2.75 bits per heavy atom. The second kappa shape index (κ2) is 5.50. The van der Waals surface area contributed by atoms with Gasteiger partial charge in [0.25, 0.3) is 0 Å². The van der Waals surface area contributed by atoms with E-state index in [1.807, 2.05) is 4.90 Å². The van der Waals surface area contributed by atoms with Crippen molar-refractivity contribution in [3.63, 3.8) is 0 Å². The summed E-state index contributed by atoms with van der Waals surface area (Å²) in [5.41, 5.74) is 0. The maximum atomic E-state index is 11.8. The van der Waals surface area contributed by atoms with Crippen LogP contribution in [0, 0.1) is 5.92 Å². The molecule has 5 nitrogen and oxygen atoms in total. The number of rotatable bonds is 2. The van der Waals surface area contributed by atoms with Gasteiger partial charge < -0.3 is 19.9 Å². The average Bonchev–Trinajstić information content (AvgIpc) is 2.73. The first-order valence-corrected chi connectivity index (χ1v) is 6.05. The number of carbonyl (C=O) groups excluding carboxylic acids is 1. The van der Waals surface area contributed by atoms with E-state index in [1.54, 1.807) is 0 Å². The predicted octanol–water partition coefficient (Wildman–Crippen LogP) is -0.0201. The highest BCUT2D eigenvalue weighted by Crippen LogP contribution is 2.12. The Labute approximate surface area is 96.7 Å². The van der Waals surface area contributed by atoms with Crippen molar-refractivity contribution < 1.29 is 9.53 Å². The lowest BCUT2D eigenvalue weighted by Gasteiger charge is -2.27. The Morgan fingerprint density at radius 2 is 2.12 bits per heavy atom. The van der Waals surface area contributed by atoms with Gasteiger partial charge in [0.1, 0.15) is 0 Å². The van der Waals surface area contributed by atoms with E-state index in [2.05, 4.69) is 17.3 Å². The summed E-state index contributed by atoms with van der Waals surface area (Å²) in [6.07, 6.45) is 1.19. The Balaban J connectivity index is 1.66. The molecule has 0 saturated carbocycles. The highest BCUT2D eigenvalue weighted by Gasteiger charge is 2.21. The van der Waals surface area contributed by atoms with Crippen LogP contribution in [0.5, 0.6) is 0 Å². The molecule has 2 saturated heterocycles. The maximum absolute atomic E-state index is 11.8. The van der Waals surface area contributed by atoms with Crippen molar-refractivity contribution in [3.8, 4) is 0 Å². The number of hydrogen-bond acceptors (Lipinski definition) is 3. The molecule has 0 aromatic carbocycles. The van der Waals surface area contributed by atoms with E-state index >= 15 is 0 Å². The van der Waals surface area contributed by atoms with Crippen LogP contribution in [-0.4, -0.2) is 68.8 Å². The van der Waals surface area contributed by atoms with Crippen LogP contribution in [0.1, 0.15) is 6.42 Å². The summed E-state index contributed by atoms with van der Waals surface area (Å²) in [4.78, 5) is 15.9. The minimum atomic E-state index is 0.0675. The standard InChI is InChI=1S/C11H21N3O2/c1-13-3-2-10(9-13)8-12-11(15)14-4-6-16-7-5-14/h10H,2-9H2,1H3,(H,12,15). The van der Waals surface area contributed by atoms with E-state index in [0.717, 1.165) is 32.7 Å². The fourth-order valence-electron chi connectivity index (χ4n) is 2.30. The molecule has 2 fully saturated rings. The highest BCUT2D eigenvalue weighted by molar-refractivity contribution is 5.74.